The van der Waals surface area contributed by atoms with Crippen molar-refractivity contribution in [3.8, 4) is 0 Å². The topological polar surface area (TPSA) is 81.5 Å². The van der Waals surface area contributed by atoms with Crippen molar-refractivity contribution in [1.82, 2.24) is 14.5 Å². The Kier molecular flexibility index (Phi) is 6.43. The molecule has 0 atom stereocenters. The highest BCUT2D eigenvalue weighted by atomic mass is 32.1. The molecule has 0 unspecified atom stereocenters. The molecular weight excluding hydrogens is 390 g/mol. The third-order valence-corrected chi connectivity index (χ3v) is 5.88. The number of hydrogen-bond acceptors (Lipinski definition) is 6. The number of likely N-dealkylation sites (N-methyl/N-ethyl adjacent to an activating group) is 1. The summed E-state index contributed by atoms with van der Waals surface area (Å²) in [6.45, 7) is 5.97. The molecule has 8 heteroatoms. The predicted molar refractivity (Wildman–Crippen MR) is 112 cm³/mol. The van der Waals surface area contributed by atoms with Crippen LogP contribution in [0.3, 0.4) is 0 Å². The molecule has 0 fully saturated rings. The van der Waals surface area contributed by atoms with Crippen LogP contribution in [-0.4, -0.2) is 39.5 Å². The first kappa shape index (κ1) is 20.7. The van der Waals surface area contributed by atoms with E-state index < -0.39 is 5.97 Å². The van der Waals surface area contributed by atoms with Crippen LogP contribution in [0.2, 0.25) is 0 Å². The minimum atomic E-state index is -0.651. The van der Waals surface area contributed by atoms with Crippen LogP contribution < -0.4 is 5.56 Å². The molecule has 2 heterocycles. The average Bonchev–Trinajstić information content (AvgIpc) is 3.01. The van der Waals surface area contributed by atoms with Gasteiger partial charge in [-0.25, -0.2) is 4.98 Å². The number of aryl methyl sites for hydroxylation is 2. The first-order valence-electron chi connectivity index (χ1n) is 9.33. The number of aromatic nitrogens is 2. The Balaban J connectivity index is 1.61. The van der Waals surface area contributed by atoms with Gasteiger partial charge in [0.15, 0.2) is 6.61 Å². The fraction of sp³-hybridized carbons (Fsp3) is 0.333. The number of carbonyl (C=O) groups is 2. The van der Waals surface area contributed by atoms with Gasteiger partial charge in [0.2, 0.25) is 0 Å². The van der Waals surface area contributed by atoms with Gasteiger partial charge in [-0.3, -0.25) is 19.0 Å². The van der Waals surface area contributed by atoms with Crippen LogP contribution in [0.25, 0.3) is 10.2 Å². The summed E-state index contributed by atoms with van der Waals surface area (Å²) < 4.78 is 6.33. The Bertz CT molecular complexity index is 1090. The van der Waals surface area contributed by atoms with Gasteiger partial charge in [-0.2, -0.15) is 0 Å². The summed E-state index contributed by atoms with van der Waals surface area (Å²) in [6, 6.07) is 9.60. The zero-order chi connectivity index (χ0) is 21.0. The van der Waals surface area contributed by atoms with Gasteiger partial charge in [-0.15, -0.1) is 11.3 Å². The molecule has 0 N–H and O–H groups in total. The molecule has 2 aromatic heterocycles. The van der Waals surface area contributed by atoms with Crippen molar-refractivity contribution in [3.63, 3.8) is 0 Å². The zero-order valence-electron chi connectivity index (χ0n) is 16.7. The second-order valence-corrected chi connectivity index (χ2v) is 7.90. The Labute approximate surface area is 172 Å². The Hall–Kier alpha value is -3.00. The van der Waals surface area contributed by atoms with Crippen LogP contribution >= 0.6 is 11.3 Å². The van der Waals surface area contributed by atoms with E-state index in [-0.39, 0.29) is 24.6 Å². The first-order valence-corrected chi connectivity index (χ1v) is 10.1. The molecule has 0 spiro atoms. The normalized spacial score (nSPS) is 10.9. The minimum absolute atomic E-state index is 0.278. The van der Waals surface area contributed by atoms with Crippen molar-refractivity contribution in [2.24, 2.45) is 0 Å². The van der Waals surface area contributed by atoms with E-state index in [0.717, 1.165) is 16.0 Å². The molecule has 0 saturated heterocycles. The number of benzene rings is 1. The van der Waals surface area contributed by atoms with Crippen molar-refractivity contribution >= 4 is 33.4 Å². The summed E-state index contributed by atoms with van der Waals surface area (Å²) >= 11 is 1.45. The summed E-state index contributed by atoms with van der Waals surface area (Å²) in [4.78, 5) is 44.8. The number of ether oxygens (including phenoxy) is 1. The number of thiophene rings is 1. The predicted octanol–water partition coefficient (Wildman–Crippen LogP) is 2.67. The maximum Gasteiger partial charge on any atom is 0.326 e. The van der Waals surface area contributed by atoms with E-state index in [4.69, 9.17) is 4.74 Å². The third-order valence-electron chi connectivity index (χ3n) is 4.76. The summed E-state index contributed by atoms with van der Waals surface area (Å²) in [7, 11) is 0. The molecule has 0 aliphatic carbocycles. The van der Waals surface area contributed by atoms with Crippen LogP contribution in [-0.2, 0) is 27.4 Å². The van der Waals surface area contributed by atoms with Crippen LogP contribution in [0.1, 0.15) is 22.9 Å². The van der Waals surface area contributed by atoms with Crippen LogP contribution in [0.5, 0.6) is 0 Å². The van der Waals surface area contributed by atoms with Crippen LogP contribution in [0.4, 0.5) is 0 Å². The molecule has 0 aliphatic heterocycles. The van der Waals surface area contributed by atoms with Gasteiger partial charge in [0.1, 0.15) is 11.4 Å². The Morgan fingerprint density at radius 1 is 1.21 bits per heavy atom. The SMILES string of the molecule is CCN(Cc1ccccc1)C(=O)COC(=O)Cn1cnc2sc(C)c(C)c2c1=O. The number of esters is 1. The second kappa shape index (κ2) is 9.00. The average molecular weight is 413 g/mol. The maximum absolute atomic E-state index is 12.6. The molecule has 0 radical (unpaired) electrons. The van der Waals surface area contributed by atoms with Gasteiger partial charge in [0, 0.05) is 18.0 Å². The van der Waals surface area contributed by atoms with Gasteiger partial charge in [-0.1, -0.05) is 30.3 Å². The van der Waals surface area contributed by atoms with E-state index in [1.807, 2.05) is 51.1 Å². The highest BCUT2D eigenvalue weighted by molar-refractivity contribution is 7.18. The third kappa shape index (κ3) is 4.71. The van der Waals surface area contributed by atoms with Crippen molar-refractivity contribution in [2.45, 2.75) is 33.9 Å². The summed E-state index contributed by atoms with van der Waals surface area (Å²) in [6.07, 6.45) is 1.34. The molecule has 0 saturated carbocycles. The van der Waals surface area contributed by atoms with Crippen molar-refractivity contribution in [2.75, 3.05) is 13.2 Å². The fourth-order valence-electron chi connectivity index (χ4n) is 2.98. The number of carbonyl (C=O) groups excluding carboxylic acids is 2. The first-order chi connectivity index (χ1) is 13.9. The van der Waals surface area contributed by atoms with Crippen molar-refractivity contribution < 1.29 is 14.3 Å². The molecule has 3 aromatic rings. The minimum Gasteiger partial charge on any atom is -0.454 e. The van der Waals surface area contributed by atoms with E-state index in [0.29, 0.717) is 23.3 Å². The fourth-order valence-corrected chi connectivity index (χ4v) is 3.97. The molecule has 3 rings (SSSR count). The molecule has 7 nitrogen and oxygen atoms in total. The monoisotopic (exact) mass is 413 g/mol. The quantitative estimate of drug-likeness (QED) is 0.556. The van der Waals surface area contributed by atoms with Gasteiger partial charge >= 0.3 is 5.97 Å². The van der Waals surface area contributed by atoms with Gasteiger partial charge < -0.3 is 9.64 Å². The van der Waals surface area contributed by atoms with E-state index >= 15 is 0 Å². The molecule has 152 valence electrons. The lowest BCUT2D eigenvalue weighted by atomic mass is 10.2. The summed E-state index contributed by atoms with van der Waals surface area (Å²) in [5.74, 6) is -0.933. The lowest BCUT2D eigenvalue weighted by molar-refractivity contribution is -0.152. The van der Waals surface area contributed by atoms with Gasteiger partial charge in [0.25, 0.3) is 11.5 Å². The number of hydrogen-bond donors (Lipinski definition) is 0. The largest absolute Gasteiger partial charge is 0.454 e. The van der Waals surface area contributed by atoms with Gasteiger partial charge in [-0.05, 0) is 31.9 Å². The number of rotatable bonds is 7. The van der Waals surface area contributed by atoms with E-state index in [1.54, 1.807) is 4.90 Å². The lowest BCUT2D eigenvalue weighted by Gasteiger charge is -2.20. The summed E-state index contributed by atoms with van der Waals surface area (Å²) in [5.41, 5.74) is 1.60. The van der Waals surface area contributed by atoms with Gasteiger partial charge in [0.05, 0.1) is 11.7 Å². The Morgan fingerprint density at radius 2 is 1.93 bits per heavy atom. The summed E-state index contributed by atoms with van der Waals surface area (Å²) in [5, 5.41) is 0.527. The molecule has 29 heavy (non-hydrogen) atoms. The standard InChI is InChI=1S/C21H23N3O4S/c1-4-23(10-16-8-6-5-7-9-16)17(25)12-28-18(26)11-24-13-22-20-19(21(24)27)14(2)15(3)29-20/h5-9,13H,4,10-12H2,1-3H3. The highest BCUT2D eigenvalue weighted by Gasteiger charge is 2.17. The molecule has 0 bridgehead atoms. The molecule has 0 aliphatic rings. The maximum atomic E-state index is 12.6. The Morgan fingerprint density at radius 3 is 2.62 bits per heavy atom. The number of fused-ring (bicyclic) bond motifs is 1. The van der Waals surface area contributed by atoms with E-state index in [9.17, 15) is 14.4 Å². The number of nitrogens with zero attached hydrogens (tertiary/aromatic N) is 3. The molecule has 1 aromatic carbocycles. The smallest absolute Gasteiger partial charge is 0.326 e. The lowest BCUT2D eigenvalue weighted by Crippen LogP contribution is -2.35. The van der Waals surface area contributed by atoms with E-state index in [2.05, 4.69) is 4.98 Å². The van der Waals surface area contributed by atoms with Crippen LogP contribution in [0.15, 0.2) is 41.5 Å². The zero-order valence-corrected chi connectivity index (χ0v) is 17.5. The highest BCUT2D eigenvalue weighted by Crippen LogP contribution is 2.25. The van der Waals surface area contributed by atoms with Crippen LogP contribution in [0, 0.1) is 13.8 Å². The van der Waals surface area contributed by atoms with Crippen molar-refractivity contribution in [1.29, 1.82) is 0 Å². The molecule has 1 amide bonds. The van der Waals surface area contributed by atoms with E-state index in [1.165, 1.54) is 22.2 Å². The number of amides is 1. The van der Waals surface area contributed by atoms with Crippen molar-refractivity contribution in [3.05, 3.63) is 63.0 Å². The molecular formula is C21H23N3O4S. The second-order valence-electron chi connectivity index (χ2n) is 6.70.